The SMILES string of the molecule is C=CCN1C(=S)NC(c2ccc(CC)cc2)C(c2nc(-c3cccc(OC)c3)no2)=C1C. The van der Waals surface area contributed by atoms with Crippen LogP contribution >= 0.6 is 12.2 Å². The summed E-state index contributed by atoms with van der Waals surface area (Å²) in [6.45, 7) is 8.61. The molecule has 0 aliphatic carbocycles. The number of benzene rings is 2. The van der Waals surface area contributed by atoms with Crippen molar-refractivity contribution in [3.8, 4) is 17.1 Å². The van der Waals surface area contributed by atoms with E-state index in [9.17, 15) is 0 Å². The predicted octanol–water partition coefficient (Wildman–Crippen LogP) is 5.16. The van der Waals surface area contributed by atoms with Gasteiger partial charge in [-0.3, -0.25) is 0 Å². The Kier molecular flexibility index (Phi) is 6.37. The Morgan fingerprint density at radius 3 is 2.72 bits per heavy atom. The highest BCUT2D eigenvalue weighted by Crippen LogP contribution is 2.37. The molecule has 0 bridgehead atoms. The van der Waals surface area contributed by atoms with Gasteiger partial charge in [0.25, 0.3) is 5.89 Å². The minimum Gasteiger partial charge on any atom is -0.497 e. The standard InChI is InChI=1S/C25H26N4O2S/c1-5-14-29-16(3)21(22(26-25(29)32)18-12-10-17(6-2)11-13-18)24-27-23(28-31-24)19-8-7-9-20(15-19)30-4/h5,7-13,15,22H,1,6,14H2,2-4H3,(H,26,32). The molecule has 0 radical (unpaired) electrons. The molecule has 1 aliphatic rings. The Morgan fingerprint density at radius 1 is 1.25 bits per heavy atom. The molecule has 2 aromatic carbocycles. The number of nitrogens with zero attached hydrogens (tertiary/aromatic N) is 3. The second kappa shape index (κ2) is 9.36. The van der Waals surface area contributed by atoms with Gasteiger partial charge >= 0.3 is 0 Å². The predicted molar refractivity (Wildman–Crippen MR) is 130 cm³/mol. The number of hydrogen-bond acceptors (Lipinski definition) is 5. The molecule has 32 heavy (non-hydrogen) atoms. The van der Waals surface area contributed by atoms with Gasteiger partial charge in [-0.15, -0.1) is 6.58 Å². The summed E-state index contributed by atoms with van der Waals surface area (Å²) in [5, 5.41) is 8.34. The molecular weight excluding hydrogens is 420 g/mol. The van der Waals surface area contributed by atoms with Crippen LogP contribution in [0, 0.1) is 0 Å². The lowest BCUT2D eigenvalue weighted by atomic mass is 9.94. The molecule has 164 valence electrons. The van der Waals surface area contributed by atoms with Crippen LogP contribution in [0.2, 0.25) is 0 Å². The first-order chi connectivity index (χ1) is 15.5. The summed E-state index contributed by atoms with van der Waals surface area (Å²) in [7, 11) is 1.63. The quantitative estimate of drug-likeness (QED) is 0.397. The number of allylic oxidation sites excluding steroid dienone is 1. The van der Waals surface area contributed by atoms with Crippen molar-refractivity contribution in [1.82, 2.24) is 20.4 Å². The van der Waals surface area contributed by atoms with Gasteiger partial charge < -0.3 is 19.5 Å². The van der Waals surface area contributed by atoms with E-state index in [0.29, 0.717) is 23.4 Å². The van der Waals surface area contributed by atoms with Crippen LogP contribution in [0.1, 0.15) is 36.9 Å². The van der Waals surface area contributed by atoms with Crippen molar-refractivity contribution >= 4 is 22.9 Å². The van der Waals surface area contributed by atoms with Crippen LogP contribution in [-0.4, -0.2) is 33.8 Å². The van der Waals surface area contributed by atoms with E-state index in [1.807, 2.05) is 42.2 Å². The summed E-state index contributed by atoms with van der Waals surface area (Å²) in [5.41, 5.74) is 5.04. The lowest BCUT2D eigenvalue weighted by Gasteiger charge is -2.36. The van der Waals surface area contributed by atoms with Crippen LogP contribution in [0.25, 0.3) is 17.0 Å². The van der Waals surface area contributed by atoms with Gasteiger partial charge in [-0.2, -0.15) is 4.98 Å². The molecule has 1 atom stereocenters. The average Bonchev–Trinajstić information content (AvgIpc) is 3.31. The Morgan fingerprint density at radius 2 is 2.03 bits per heavy atom. The molecule has 7 heteroatoms. The van der Waals surface area contributed by atoms with Crippen molar-refractivity contribution in [3.63, 3.8) is 0 Å². The average molecular weight is 447 g/mol. The van der Waals surface area contributed by atoms with Gasteiger partial charge in [-0.25, -0.2) is 0 Å². The van der Waals surface area contributed by atoms with Crippen LogP contribution in [0.3, 0.4) is 0 Å². The van der Waals surface area contributed by atoms with Crippen molar-refractivity contribution in [2.75, 3.05) is 13.7 Å². The molecule has 2 heterocycles. The topological polar surface area (TPSA) is 63.4 Å². The van der Waals surface area contributed by atoms with E-state index in [1.165, 1.54) is 5.56 Å². The van der Waals surface area contributed by atoms with Crippen LogP contribution < -0.4 is 10.1 Å². The maximum absolute atomic E-state index is 5.77. The van der Waals surface area contributed by atoms with Gasteiger partial charge in [0.2, 0.25) is 5.82 Å². The molecule has 0 saturated carbocycles. The molecule has 1 aliphatic heterocycles. The fourth-order valence-electron chi connectivity index (χ4n) is 3.82. The Bertz CT molecular complexity index is 1170. The lowest BCUT2D eigenvalue weighted by Crippen LogP contribution is -2.45. The highest BCUT2D eigenvalue weighted by atomic mass is 32.1. The van der Waals surface area contributed by atoms with Gasteiger partial charge in [0, 0.05) is 17.8 Å². The third-order valence-electron chi connectivity index (χ3n) is 5.61. The zero-order valence-corrected chi connectivity index (χ0v) is 19.3. The summed E-state index contributed by atoms with van der Waals surface area (Å²) in [5.74, 6) is 1.69. The maximum Gasteiger partial charge on any atom is 0.258 e. The molecule has 0 fully saturated rings. The number of ether oxygens (including phenoxy) is 1. The number of thiocarbonyl (C=S) groups is 1. The minimum atomic E-state index is -0.201. The van der Waals surface area contributed by atoms with E-state index in [2.05, 4.69) is 48.2 Å². The fraction of sp³-hybridized carbons (Fsp3) is 0.240. The highest BCUT2D eigenvalue weighted by molar-refractivity contribution is 7.80. The zero-order valence-electron chi connectivity index (χ0n) is 18.5. The van der Waals surface area contributed by atoms with Crippen LogP contribution in [0.15, 0.2) is 71.4 Å². The van der Waals surface area contributed by atoms with E-state index in [0.717, 1.165) is 34.6 Å². The minimum absolute atomic E-state index is 0.201. The smallest absolute Gasteiger partial charge is 0.258 e. The summed E-state index contributed by atoms with van der Waals surface area (Å²) < 4.78 is 11.1. The third-order valence-corrected chi connectivity index (χ3v) is 5.95. The number of aromatic nitrogens is 2. The van der Waals surface area contributed by atoms with Gasteiger partial charge in [0.05, 0.1) is 18.7 Å². The maximum atomic E-state index is 5.77. The Labute approximate surface area is 193 Å². The Hall–Kier alpha value is -3.45. The second-order valence-electron chi connectivity index (χ2n) is 7.53. The largest absolute Gasteiger partial charge is 0.497 e. The van der Waals surface area contributed by atoms with E-state index >= 15 is 0 Å². The van der Waals surface area contributed by atoms with E-state index < -0.39 is 0 Å². The second-order valence-corrected chi connectivity index (χ2v) is 7.92. The molecule has 0 spiro atoms. The zero-order chi connectivity index (χ0) is 22.7. The molecule has 0 amide bonds. The van der Waals surface area contributed by atoms with Crippen molar-refractivity contribution in [2.45, 2.75) is 26.3 Å². The highest BCUT2D eigenvalue weighted by Gasteiger charge is 2.33. The van der Waals surface area contributed by atoms with Crippen LogP contribution in [-0.2, 0) is 6.42 Å². The van der Waals surface area contributed by atoms with Crippen molar-refractivity contribution in [1.29, 1.82) is 0 Å². The fourth-order valence-corrected chi connectivity index (χ4v) is 4.14. The number of rotatable bonds is 7. The van der Waals surface area contributed by atoms with Gasteiger partial charge in [-0.05, 0) is 48.8 Å². The molecule has 6 nitrogen and oxygen atoms in total. The van der Waals surface area contributed by atoms with Crippen molar-refractivity contribution in [3.05, 3.63) is 83.9 Å². The molecule has 1 N–H and O–H groups in total. The summed E-state index contributed by atoms with van der Waals surface area (Å²) in [6.07, 6.45) is 2.81. The molecule has 3 aromatic rings. The molecule has 4 rings (SSSR count). The van der Waals surface area contributed by atoms with Crippen LogP contribution in [0.4, 0.5) is 0 Å². The normalized spacial score (nSPS) is 16.2. The monoisotopic (exact) mass is 446 g/mol. The van der Waals surface area contributed by atoms with Gasteiger partial charge in [0.15, 0.2) is 5.11 Å². The number of nitrogens with one attached hydrogen (secondary N) is 1. The molecule has 1 aromatic heterocycles. The summed E-state index contributed by atoms with van der Waals surface area (Å²) in [4.78, 5) is 6.72. The molecule has 0 saturated heterocycles. The van der Waals surface area contributed by atoms with E-state index in [-0.39, 0.29) is 6.04 Å². The molecule has 1 unspecified atom stereocenters. The van der Waals surface area contributed by atoms with Crippen LogP contribution in [0.5, 0.6) is 5.75 Å². The summed E-state index contributed by atoms with van der Waals surface area (Å²) >= 11 is 5.66. The number of methoxy groups -OCH3 is 1. The first-order valence-electron chi connectivity index (χ1n) is 10.5. The summed E-state index contributed by atoms with van der Waals surface area (Å²) in [6, 6.07) is 15.9. The number of hydrogen-bond donors (Lipinski definition) is 1. The lowest BCUT2D eigenvalue weighted by molar-refractivity contribution is 0.399. The molecular formula is C25H26N4O2S. The van der Waals surface area contributed by atoms with E-state index in [4.69, 9.17) is 26.5 Å². The van der Waals surface area contributed by atoms with Crippen molar-refractivity contribution < 1.29 is 9.26 Å². The third kappa shape index (κ3) is 4.16. The van der Waals surface area contributed by atoms with Crippen molar-refractivity contribution in [2.24, 2.45) is 0 Å². The van der Waals surface area contributed by atoms with Gasteiger partial charge in [0.1, 0.15) is 5.75 Å². The van der Waals surface area contributed by atoms with Gasteiger partial charge in [-0.1, -0.05) is 54.6 Å². The number of aryl methyl sites for hydroxylation is 1. The first kappa shape index (κ1) is 21.8. The Balaban J connectivity index is 1.80. The van der Waals surface area contributed by atoms with E-state index in [1.54, 1.807) is 7.11 Å². The first-order valence-corrected chi connectivity index (χ1v) is 10.9.